The Hall–Kier alpha value is -1.18. The molecule has 0 saturated carbocycles. The first-order valence-electron chi connectivity index (χ1n) is 3.17. The third-order valence-electron chi connectivity index (χ3n) is 1.08. The van der Waals surface area contributed by atoms with Crippen LogP contribution in [0.5, 0.6) is 0 Å². The molecule has 0 aromatic heterocycles. The van der Waals surface area contributed by atoms with Gasteiger partial charge in [0.15, 0.2) is 0 Å². The van der Waals surface area contributed by atoms with Crippen molar-refractivity contribution in [3.05, 3.63) is 24.8 Å². The van der Waals surface area contributed by atoms with Crippen LogP contribution in [-0.4, -0.2) is 11.4 Å². The lowest BCUT2D eigenvalue weighted by molar-refractivity contribution is 1.26. The average Bonchev–Trinajstić information content (AvgIpc) is 1.98. The van der Waals surface area contributed by atoms with Gasteiger partial charge in [-0.1, -0.05) is 25.7 Å². The smallest absolute Gasteiger partial charge is 0.0747 e. The Bertz CT molecular complexity index is 178. The van der Waals surface area contributed by atoms with Crippen molar-refractivity contribution in [2.24, 2.45) is 0 Å². The Balaban J connectivity index is 3.97. The highest BCUT2D eigenvalue weighted by molar-refractivity contribution is 6.44. The summed E-state index contributed by atoms with van der Waals surface area (Å²) in [6.07, 6.45) is 5.43. The van der Waals surface area contributed by atoms with Gasteiger partial charge in [-0.3, -0.25) is 5.41 Å². The normalized spacial score (nSPS) is 9.70. The van der Waals surface area contributed by atoms with Gasteiger partial charge in [-0.2, -0.15) is 0 Å². The van der Waals surface area contributed by atoms with Crippen molar-refractivity contribution in [2.75, 3.05) is 0 Å². The second kappa shape index (κ2) is 4.68. The van der Waals surface area contributed by atoms with Crippen LogP contribution in [0.1, 0.15) is 13.3 Å². The second-order valence-corrected chi connectivity index (χ2v) is 1.84. The molecule has 2 N–H and O–H groups in total. The first kappa shape index (κ1) is 8.82. The van der Waals surface area contributed by atoms with Crippen LogP contribution in [0, 0.1) is 10.8 Å². The Morgan fingerprint density at radius 1 is 1.50 bits per heavy atom. The Morgan fingerprint density at radius 2 is 2.10 bits per heavy atom. The molecular formula is C8H12N2. The molecule has 0 bridgehead atoms. The minimum absolute atomic E-state index is 0.266. The van der Waals surface area contributed by atoms with E-state index in [2.05, 4.69) is 6.58 Å². The largest absolute Gasteiger partial charge is 0.303 e. The standard InChI is InChI=1S/C8H12N2/c1-3-5-6-8(10)7(9)4-2/h3,5-6,9-10H,1,4H2,2H3/b6-5-,9-7?,10-8?. The molecule has 0 aromatic carbocycles. The maximum absolute atomic E-state index is 7.24. The predicted octanol–water partition coefficient (Wildman–Crippen LogP) is 2.18. The molecule has 0 saturated heterocycles. The van der Waals surface area contributed by atoms with E-state index in [9.17, 15) is 0 Å². The molecule has 0 radical (unpaired) electrons. The van der Waals surface area contributed by atoms with Gasteiger partial charge in [0.25, 0.3) is 0 Å². The zero-order chi connectivity index (χ0) is 7.98. The number of hydrogen-bond acceptors (Lipinski definition) is 2. The van der Waals surface area contributed by atoms with Crippen molar-refractivity contribution >= 4 is 11.4 Å². The highest BCUT2D eigenvalue weighted by atomic mass is 14.5. The summed E-state index contributed by atoms with van der Waals surface area (Å²) in [6, 6.07) is 0. The monoisotopic (exact) mass is 136 g/mol. The first-order valence-corrected chi connectivity index (χ1v) is 3.17. The van der Waals surface area contributed by atoms with E-state index in [-0.39, 0.29) is 5.71 Å². The predicted molar refractivity (Wildman–Crippen MR) is 45.1 cm³/mol. The lowest BCUT2D eigenvalue weighted by Crippen LogP contribution is -2.06. The van der Waals surface area contributed by atoms with Crippen LogP contribution in [0.3, 0.4) is 0 Å². The van der Waals surface area contributed by atoms with Gasteiger partial charge in [0.1, 0.15) is 0 Å². The summed E-state index contributed by atoms with van der Waals surface area (Å²) in [7, 11) is 0. The van der Waals surface area contributed by atoms with Crippen LogP contribution in [0.25, 0.3) is 0 Å². The van der Waals surface area contributed by atoms with E-state index in [1.54, 1.807) is 18.2 Å². The summed E-state index contributed by atoms with van der Waals surface area (Å²) in [5.41, 5.74) is 0.625. The van der Waals surface area contributed by atoms with E-state index in [1.807, 2.05) is 6.92 Å². The molecule has 2 nitrogen and oxygen atoms in total. The molecule has 54 valence electrons. The minimum atomic E-state index is 0.266. The zero-order valence-corrected chi connectivity index (χ0v) is 6.15. The van der Waals surface area contributed by atoms with Crippen molar-refractivity contribution in [2.45, 2.75) is 13.3 Å². The SMILES string of the molecule is C=C/C=C\C(=N)C(=N)CC. The topological polar surface area (TPSA) is 47.7 Å². The summed E-state index contributed by atoms with van der Waals surface area (Å²) in [4.78, 5) is 0. The molecule has 0 spiro atoms. The molecule has 0 amide bonds. The molecule has 0 aliphatic carbocycles. The molecule has 2 heteroatoms. The van der Waals surface area contributed by atoms with E-state index in [0.717, 1.165) is 0 Å². The van der Waals surface area contributed by atoms with E-state index in [4.69, 9.17) is 10.8 Å². The summed E-state index contributed by atoms with van der Waals surface area (Å²) < 4.78 is 0. The fourth-order valence-electron chi connectivity index (χ4n) is 0.455. The summed E-state index contributed by atoms with van der Waals surface area (Å²) >= 11 is 0. The molecule has 0 atom stereocenters. The van der Waals surface area contributed by atoms with Gasteiger partial charge in [0.2, 0.25) is 0 Å². The first-order chi connectivity index (χ1) is 4.72. The van der Waals surface area contributed by atoms with Crippen LogP contribution >= 0.6 is 0 Å². The lowest BCUT2D eigenvalue weighted by atomic mass is 10.2. The molecule has 0 aliphatic rings. The summed E-state index contributed by atoms with van der Waals surface area (Å²) in [5, 5.41) is 14.5. The van der Waals surface area contributed by atoms with E-state index in [1.165, 1.54) is 0 Å². The summed E-state index contributed by atoms with van der Waals surface area (Å²) in [5.74, 6) is 0. The highest BCUT2D eigenvalue weighted by Gasteiger charge is 1.94. The minimum Gasteiger partial charge on any atom is -0.303 e. The summed E-state index contributed by atoms with van der Waals surface area (Å²) in [6.45, 7) is 5.32. The number of hydrogen-bond donors (Lipinski definition) is 2. The maximum atomic E-state index is 7.24. The Kier molecular flexibility index (Phi) is 4.12. The van der Waals surface area contributed by atoms with E-state index in [0.29, 0.717) is 12.1 Å². The molecule has 0 aromatic rings. The maximum Gasteiger partial charge on any atom is 0.0747 e. The molecule has 0 aliphatic heterocycles. The van der Waals surface area contributed by atoms with Gasteiger partial charge >= 0.3 is 0 Å². The third-order valence-corrected chi connectivity index (χ3v) is 1.08. The molecular weight excluding hydrogens is 124 g/mol. The van der Waals surface area contributed by atoms with Gasteiger partial charge in [0, 0.05) is 0 Å². The fourth-order valence-corrected chi connectivity index (χ4v) is 0.455. The zero-order valence-electron chi connectivity index (χ0n) is 6.15. The van der Waals surface area contributed by atoms with Gasteiger partial charge in [-0.25, -0.2) is 0 Å². The quantitative estimate of drug-likeness (QED) is 0.439. The Morgan fingerprint density at radius 3 is 2.50 bits per heavy atom. The van der Waals surface area contributed by atoms with Crippen LogP contribution in [-0.2, 0) is 0 Å². The second-order valence-electron chi connectivity index (χ2n) is 1.84. The van der Waals surface area contributed by atoms with Crippen molar-refractivity contribution in [3.8, 4) is 0 Å². The highest BCUT2D eigenvalue weighted by Crippen LogP contribution is 1.87. The molecule has 10 heavy (non-hydrogen) atoms. The van der Waals surface area contributed by atoms with Crippen LogP contribution in [0.15, 0.2) is 24.8 Å². The van der Waals surface area contributed by atoms with Crippen molar-refractivity contribution in [1.29, 1.82) is 10.8 Å². The number of nitrogens with one attached hydrogen (secondary N) is 2. The van der Waals surface area contributed by atoms with Crippen molar-refractivity contribution in [3.63, 3.8) is 0 Å². The lowest BCUT2D eigenvalue weighted by Gasteiger charge is -1.93. The van der Waals surface area contributed by atoms with E-state index >= 15 is 0 Å². The third kappa shape index (κ3) is 2.97. The number of allylic oxidation sites excluding steroid dienone is 3. The van der Waals surface area contributed by atoms with E-state index < -0.39 is 0 Å². The number of rotatable bonds is 4. The van der Waals surface area contributed by atoms with Crippen LogP contribution in [0.2, 0.25) is 0 Å². The van der Waals surface area contributed by atoms with Crippen LogP contribution < -0.4 is 0 Å². The molecule has 0 heterocycles. The van der Waals surface area contributed by atoms with Gasteiger partial charge < -0.3 is 5.41 Å². The van der Waals surface area contributed by atoms with Crippen LogP contribution in [0.4, 0.5) is 0 Å². The molecule has 0 fully saturated rings. The molecule has 0 rings (SSSR count). The van der Waals surface area contributed by atoms with Gasteiger partial charge in [-0.05, 0) is 12.5 Å². The van der Waals surface area contributed by atoms with Gasteiger partial charge in [-0.15, -0.1) is 0 Å². The fraction of sp³-hybridized carbons (Fsp3) is 0.250. The molecule has 0 unspecified atom stereocenters. The Labute approximate surface area is 61.3 Å². The van der Waals surface area contributed by atoms with Crippen molar-refractivity contribution in [1.82, 2.24) is 0 Å². The average molecular weight is 136 g/mol. The van der Waals surface area contributed by atoms with Gasteiger partial charge in [0.05, 0.1) is 11.4 Å². The van der Waals surface area contributed by atoms with Crippen molar-refractivity contribution < 1.29 is 0 Å².